The third-order valence-electron chi connectivity index (χ3n) is 3.46. The van der Waals surface area contributed by atoms with E-state index in [0.29, 0.717) is 31.1 Å². The number of hydrogen-bond donors (Lipinski definition) is 1. The number of amides is 1. The fourth-order valence-corrected chi connectivity index (χ4v) is 2.48. The van der Waals surface area contributed by atoms with Gasteiger partial charge in [-0.15, -0.1) is 12.4 Å². The molecule has 2 rings (SSSR count). The summed E-state index contributed by atoms with van der Waals surface area (Å²) in [7, 11) is 0. The molecule has 21 heavy (non-hydrogen) atoms. The van der Waals surface area contributed by atoms with Gasteiger partial charge in [0.2, 0.25) is 5.91 Å². The van der Waals surface area contributed by atoms with Gasteiger partial charge in [0, 0.05) is 31.2 Å². The van der Waals surface area contributed by atoms with E-state index in [2.05, 4.69) is 5.32 Å². The normalized spacial score (nSPS) is 17.9. The lowest BCUT2D eigenvalue weighted by Crippen LogP contribution is -2.42. The van der Waals surface area contributed by atoms with Crippen LogP contribution in [0.5, 0.6) is 0 Å². The van der Waals surface area contributed by atoms with Crippen LogP contribution in [-0.2, 0) is 16.1 Å². The molecule has 1 aromatic rings. The second-order valence-corrected chi connectivity index (χ2v) is 5.31. The molecule has 1 aromatic carbocycles. The van der Waals surface area contributed by atoms with Crippen molar-refractivity contribution in [2.45, 2.75) is 26.0 Å². The summed E-state index contributed by atoms with van der Waals surface area (Å²) >= 11 is 6.15. The van der Waals surface area contributed by atoms with E-state index >= 15 is 0 Å². The highest BCUT2D eigenvalue weighted by atomic mass is 35.5. The van der Waals surface area contributed by atoms with Gasteiger partial charge in [-0.25, -0.2) is 0 Å². The molecule has 6 heteroatoms. The molecule has 1 aliphatic rings. The van der Waals surface area contributed by atoms with Crippen molar-refractivity contribution in [3.8, 4) is 0 Å². The van der Waals surface area contributed by atoms with E-state index in [1.807, 2.05) is 36.1 Å². The Morgan fingerprint density at radius 3 is 2.86 bits per heavy atom. The van der Waals surface area contributed by atoms with Crippen molar-refractivity contribution in [2.24, 2.45) is 0 Å². The second kappa shape index (κ2) is 9.26. The zero-order valence-corrected chi connectivity index (χ0v) is 13.8. The van der Waals surface area contributed by atoms with Crippen LogP contribution in [0.15, 0.2) is 24.3 Å². The quantitative estimate of drug-likeness (QED) is 0.900. The zero-order chi connectivity index (χ0) is 14.4. The molecule has 1 atom stereocenters. The standard InChI is InChI=1S/C15H21ClN2O2.ClH/c1-2-18(11-12-5-3-4-6-14(12)16)15(19)9-13-10-17-7-8-20-13;/h3-6,13,17H,2,7-11H2,1H3;1H. The van der Waals surface area contributed by atoms with E-state index < -0.39 is 0 Å². The van der Waals surface area contributed by atoms with Crippen molar-refractivity contribution in [1.82, 2.24) is 10.2 Å². The molecule has 1 fully saturated rings. The Balaban J connectivity index is 0.00000220. The van der Waals surface area contributed by atoms with Gasteiger partial charge in [-0.1, -0.05) is 29.8 Å². The van der Waals surface area contributed by atoms with Crippen LogP contribution in [0, 0.1) is 0 Å². The van der Waals surface area contributed by atoms with E-state index in [-0.39, 0.29) is 24.4 Å². The highest BCUT2D eigenvalue weighted by Gasteiger charge is 2.21. The van der Waals surface area contributed by atoms with Crippen LogP contribution in [0.2, 0.25) is 5.02 Å². The van der Waals surface area contributed by atoms with Crippen molar-refractivity contribution in [3.05, 3.63) is 34.9 Å². The maximum Gasteiger partial charge on any atom is 0.225 e. The summed E-state index contributed by atoms with van der Waals surface area (Å²) in [6, 6.07) is 7.64. The molecule has 0 bridgehead atoms. The van der Waals surface area contributed by atoms with Gasteiger partial charge in [-0.05, 0) is 18.6 Å². The van der Waals surface area contributed by atoms with Gasteiger partial charge in [0.25, 0.3) is 0 Å². The van der Waals surface area contributed by atoms with E-state index in [9.17, 15) is 4.79 Å². The van der Waals surface area contributed by atoms with Crippen molar-refractivity contribution in [2.75, 3.05) is 26.2 Å². The zero-order valence-electron chi connectivity index (χ0n) is 12.2. The Bertz CT molecular complexity index is 451. The van der Waals surface area contributed by atoms with Crippen LogP contribution in [-0.4, -0.2) is 43.2 Å². The van der Waals surface area contributed by atoms with Crippen molar-refractivity contribution >= 4 is 29.9 Å². The first-order valence-corrected chi connectivity index (χ1v) is 7.42. The summed E-state index contributed by atoms with van der Waals surface area (Å²) in [6.07, 6.45) is 0.405. The summed E-state index contributed by atoms with van der Waals surface area (Å²) in [5.41, 5.74) is 0.979. The van der Waals surface area contributed by atoms with Crippen LogP contribution >= 0.6 is 24.0 Å². The van der Waals surface area contributed by atoms with Gasteiger partial charge in [0.1, 0.15) is 0 Å². The van der Waals surface area contributed by atoms with Crippen LogP contribution in [0.1, 0.15) is 18.9 Å². The Morgan fingerprint density at radius 1 is 1.48 bits per heavy atom. The third-order valence-corrected chi connectivity index (χ3v) is 3.83. The number of halogens is 2. The summed E-state index contributed by atoms with van der Waals surface area (Å²) in [6.45, 7) is 5.49. The first kappa shape index (κ1) is 18.2. The summed E-state index contributed by atoms with van der Waals surface area (Å²) in [5, 5.41) is 3.94. The monoisotopic (exact) mass is 332 g/mol. The first-order chi connectivity index (χ1) is 9.70. The summed E-state index contributed by atoms with van der Waals surface area (Å²) in [5.74, 6) is 0.112. The van der Waals surface area contributed by atoms with Gasteiger partial charge in [0.05, 0.1) is 19.1 Å². The molecule has 118 valence electrons. The molecule has 4 nitrogen and oxygen atoms in total. The molecular formula is C15H22Cl2N2O2. The molecule has 0 saturated carbocycles. The predicted octanol–water partition coefficient (Wildman–Crippen LogP) is 2.49. The minimum atomic E-state index is -0.0171. The lowest BCUT2D eigenvalue weighted by atomic mass is 10.1. The SMILES string of the molecule is CCN(Cc1ccccc1Cl)C(=O)CC1CNCCO1.Cl. The topological polar surface area (TPSA) is 41.6 Å². The average Bonchev–Trinajstić information content (AvgIpc) is 2.47. The summed E-state index contributed by atoms with van der Waals surface area (Å²) < 4.78 is 5.58. The fraction of sp³-hybridized carbons (Fsp3) is 0.533. The molecule has 0 spiro atoms. The van der Waals surface area contributed by atoms with Crippen molar-refractivity contribution in [3.63, 3.8) is 0 Å². The highest BCUT2D eigenvalue weighted by molar-refractivity contribution is 6.31. The minimum absolute atomic E-state index is 0. The Hall–Kier alpha value is -0.810. The highest BCUT2D eigenvalue weighted by Crippen LogP contribution is 2.18. The number of carbonyl (C=O) groups is 1. The molecule has 1 heterocycles. The van der Waals surface area contributed by atoms with Gasteiger partial charge in [0.15, 0.2) is 0 Å². The molecule has 1 amide bonds. The number of ether oxygens (including phenoxy) is 1. The van der Waals surface area contributed by atoms with E-state index in [4.69, 9.17) is 16.3 Å². The largest absolute Gasteiger partial charge is 0.375 e. The number of carbonyl (C=O) groups excluding carboxylic acids is 1. The van der Waals surface area contributed by atoms with Gasteiger partial charge < -0.3 is 15.0 Å². The third kappa shape index (κ3) is 5.47. The number of nitrogens with zero attached hydrogens (tertiary/aromatic N) is 1. The maximum atomic E-state index is 12.3. The molecule has 1 aliphatic heterocycles. The molecule has 0 aromatic heterocycles. The Kier molecular flexibility index (Phi) is 8.04. The Labute approximate surface area is 137 Å². The van der Waals surface area contributed by atoms with Crippen molar-refractivity contribution < 1.29 is 9.53 Å². The fourth-order valence-electron chi connectivity index (χ4n) is 2.28. The predicted molar refractivity (Wildman–Crippen MR) is 87.0 cm³/mol. The van der Waals surface area contributed by atoms with Crippen LogP contribution < -0.4 is 5.32 Å². The number of hydrogen-bond acceptors (Lipinski definition) is 3. The van der Waals surface area contributed by atoms with Gasteiger partial charge >= 0.3 is 0 Å². The lowest BCUT2D eigenvalue weighted by molar-refractivity contribution is -0.135. The van der Waals surface area contributed by atoms with Crippen molar-refractivity contribution in [1.29, 1.82) is 0 Å². The molecule has 0 aliphatic carbocycles. The number of nitrogens with one attached hydrogen (secondary N) is 1. The van der Waals surface area contributed by atoms with Crippen LogP contribution in [0.25, 0.3) is 0 Å². The molecular weight excluding hydrogens is 311 g/mol. The first-order valence-electron chi connectivity index (χ1n) is 7.04. The number of benzene rings is 1. The van der Waals surface area contributed by atoms with Gasteiger partial charge in [-0.2, -0.15) is 0 Å². The second-order valence-electron chi connectivity index (χ2n) is 4.90. The maximum absolute atomic E-state index is 12.3. The van der Waals surface area contributed by atoms with E-state index in [1.165, 1.54) is 0 Å². The average molecular weight is 333 g/mol. The van der Waals surface area contributed by atoms with E-state index in [0.717, 1.165) is 18.7 Å². The van der Waals surface area contributed by atoms with Crippen LogP contribution in [0.4, 0.5) is 0 Å². The molecule has 1 unspecified atom stereocenters. The van der Waals surface area contributed by atoms with Crippen LogP contribution in [0.3, 0.4) is 0 Å². The van der Waals surface area contributed by atoms with E-state index in [1.54, 1.807) is 0 Å². The van der Waals surface area contributed by atoms with Gasteiger partial charge in [-0.3, -0.25) is 4.79 Å². The molecule has 1 N–H and O–H groups in total. The lowest BCUT2D eigenvalue weighted by Gasteiger charge is -2.27. The Morgan fingerprint density at radius 2 is 2.24 bits per heavy atom. The summed E-state index contributed by atoms with van der Waals surface area (Å²) in [4.78, 5) is 14.2. The molecule has 1 saturated heterocycles. The minimum Gasteiger partial charge on any atom is -0.375 e. The smallest absolute Gasteiger partial charge is 0.225 e. The molecule has 0 radical (unpaired) electrons. The number of rotatable bonds is 5. The number of morpholine rings is 1.